The number of nitrogens with zero attached hydrogens (tertiary/aromatic N) is 1. The fraction of sp³-hybridized carbons (Fsp3) is 0.400. The molecule has 18 heavy (non-hydrogen) atoms. The zero-order chi connectivity index (χ0) is 12.4. The van der Waals surface area contributed by atoms with Gasteiger partial charge in [0.2, 0.25) is 0 Å². The van der Waals surface area contributed by atoms with Crippen LogP contribution in [0.3, 0.4) is 0 Å². The van der Waals surface area contributed by atoms with E-state index < -0.39 is 0 Å². The van der Waals surface area contributed by atoms with E-state index in [9.17, 15) is 0 Å². The van der Waals surface area contributed by atoms with Crippen molar-refractivity contribution in [2.75, 3.05) is 13.1 Å². The molecule has 3 rings (SSSR count). The smallest absolute Gasteiger partial charge is 0.145 e. The Morgan fingerprint density at radius 2 is 2.39 bits per heavy atom. The van der Waals surface area contributed by atoms with Crippen molar-refractivity contribution in [2.24, 2.45) is 11.8 Å². The van der Waals surface area contributed by atoms with Gasteiger partial charge in [-0.1, -0.05) is 12.7 Å². The van der Waals surface area contributed by atoms with Crippen molar-refractivity contribution in [3.63, 3.8) is 0 Å². The van der Waals surface area contributed by atoms with Crippen LogP contribution in [0.5, 0.6) is 5.75 Å². The Labute approximate surface area is 108 Å². The molecule has 1 saturated heterocycles. The van der Waals surface area contributed by atoms with Crippen LogP contribution in [0.15, 0.2) is 37.4 Å². The van der Waals surface area contributed by atoms with Gasteiger partial charge in [0.25, 0.3) is 0 Å². The first kappa shape index (κ1) is 11.5. The highest BCUT2D eigenvalue weighted by atomic mass is 16.5. The van der Waals surface area contributed by atoms with Crippen molar-refractivity contribution in [2.45, 2.75) is 12.8 Å². The second kappa shape index (κ2) is 4.94. The summed E-state index contributed by atoms with van der Waals surface area (Å²) in [6.07, 6.45) is 9.94. The fourth-order valence-corrected chi connectivity index (χ4v) is 2.96. The minimum absolute atomic E-state index is 0.692. The summed E-state index contributed by atoms with van der Waals surface area (Å²) in [5.74, 6) is 2.26. The van der Waals surface area contributed by atoms with Crippen molar-refractivity contribution in [1.82, 2.24) is 10.3 Å². The lowest BCUT2D eigenvalue weighted by Gasteiger charge is -2.25. The minimum atomic E-state index is 0.692. The molecule has 0 radical (unpaired) electrons. The lowest BCUT2D eigenvalue weighted by atomic mass is 9.89. The summed E-state index contributed by atoms with van der Waals surface area (Å²) in [7, 11) is 0. The lowest BCUT2D eigenvalue weighted by Crippen LogP contribution is -2.33. The summed E-state index contributed by atoms with van der Waals surface area (Å²) >= 11 is 0. The first-order chi connectivity index (χ1) is 8.86. The van der Waals surface area contributed by atoms with Gasteiger partial charge < -0.3 is 10.1 Å². The quantitative estimate of drug-likeness (QED) is 0.827. The molecule has 0 unspecified atom stereocenters. The Kier molecular flexibility index (Phi) is 3.15. The maximum absolute atomic E-state index is 5.29. The number of fused-ring (bicyclic) bond motifs is 1. The van der Waals surface area contributed by atoms with Crippen LogP contribution >= 0.6 is 0 Å². The van der Waals surface area contributed by atoms with E-state index in [4.69, 9.17) is 4.74 Å². The van der Waals surface area contributed by atoms with Gasteiger partial charge in [0.15, 0.2) is 0 Å². The van der Waals surface area contributed by atoms with E-state index in [2.05, 4.69) is 23.0 Å². The van der Waals surface area contributed by atoms with Gasteiger partial charge in [0.05, 0.1) is 12.5 Å². The highest BCUT2D eigenvalue weighted by molar-refractivity contribution is 5.68. The summed E-state index contributed by atoms with van der Waals surface area (Å²) in [5, 5.41) is 3.46. The van der Waals surface area contributed by atoms with E-state index >= 15 is 0 Å². The third-order valence-electron chi connectivity index (χ3n) is 3.88. The predicted octanol–water partition coefficient (Wildman–Crippen LogP) is 2.62. The van der Waals surface area contributed by atoms with Crippen molar-refractivity contribution in [3.05, 3.63) is 42.9 Å². The molecule has 1 aromatic rings. The molecule has 1 aromatic heterocycles. The number of hydrogen-bond donors (Lipinski definition) is 1. The van der Waals surface area contributed by atoms with Gasteiger partial charge in [-0.15, -0.1) is 0 Å². The van der Waals surface area contributed by atoms with Crippen LogP contribution in [-0.4, -0.2) is 18.1 Å². The maximum Gasteiger partial charge on any atom is 0.145 e. The van der Waals surface area contributed by atoms with Gasteiger partial charge in [0.1, 0.15) is 5.75 Å². The Hall–Kier alpha value is -1.61. The topological polar surface area (TPSA) is 34.1 Å². The standard InChI is InChI=1S/C15H18N2O/c1-2-18-15-7-14(9-17-10-15)12-5-11-3-4-16-8-13(11)6-12/h2,6-7,9-11,13,16H,1,3-5,8H2/t11-,13-/m0/s1. The second-order valence-corrected chi connectivity index (χ2v) is 5.01. The number of allylic oxidation sites excluding steroid dienone is 1. The van der Waals surface area contributed by atoms with Gasteiger partial charge in [-0.05, 0) is 48.4 Å². The monoisotopic (exact) mass is 242 g/mol. The second-order valence-electron chi connectivity index (χ2n) is 5.01. The van der Waals surface area contributed by atoms with Gasteiger partial charge in [-0.2, -0.15) is 0 Å². The molecule has 1 N–H and O–H groups in total. The molecular formula is C15H18N2O. The number of hydrogen-bond acceptors (Lipinski definition) is 3. The summed E-state index contributed by atoms with van der Waals surface area (Å²) in [6, 6.07) is 2.05. The van der Waals surface area contributed by atoms with E-state index in [0.29, 0.717) is 5.92 Å². The molecule has 3 nitrogen and oxygen atoms in total. The number of piperidine rings is 1. The molecule has 2 aliphatic rings. The predicted molar refractivity (Wildman–Crippen MR) is 72.1 cm³/mol. The molecule has 1 aliphatic heterocycles. The Morgan fingerprint density at radius 3 is 3.22 bits per heavy atom. The molecule has 3 heteroatoms. The van der Waals surface area contributed by atoms with Crippen molar-refractivity contribution in [3.8, 4) is 5.75 Å². The average Bonchev–Trinajstić information content (AvgIpc) is 2.83. The van der Waals surface area contributed by atoms with Crippen molar-refractivity contribution >= 4 is 5.57 Å². The molecule has 0 aromatic carbocycles. The Morgan fingerprint density at radius 1 is 1.44 bits per heavy atom. The molecule has 0 saturated carbocycles. The van der Waals surface area contributed by atoms with Crippen molar-refractivity contribution in [1.29, 1.82) is 0 Å². The van der Waals surface area contributed by atoms with Crippen LogP contribution in [0.2, 0.25) is 0 Å². The zero-order valence-electron chi connectivity index (χ0n) is 10.4. The molecule has 2 atom stereocenters. The molecule has 2 heterocycles. The highest BCUT2D eigenvalue weighted by Crippen LogP contribution is 2.39. The van der Waals surface area contributed by atoms with Gasteiger partial charge in [-0.25, -0.2) is 0 Å². The number of nitrogens with one attached hydrogen (secondary N) is 1. The lowest BCUT2D eigenvalue weighted by molar-refractivity contribution is 0.323. The number of ether oxygens (including phenoxy) is 1. The van der Waals surface area contributed by atoms with Crippen LogP contribution < -0.4 is 10.1 Å². The number of pyridine rings is 1. The zero-order valence-corrected chi connectivity index (χ0v) is 10.4. The summed E-state index contributed by atoms with van der Waals surface area (Å²) < 4.78 is 5.29. The van der Waals surface area contributed by atoms with Crippen LogP contribution in [-0.2, 0) is 0 Å². The van der Waals surface area contributed by atoms with Crippen LogP contribution in [0.4, 0.5) is 0 Å². The normalized spacial score (nSPS) is 26.3. The molecule has 0 amide bonds. The Bertz CT molecular complexity index is 481. The first-order valence-electron chi connectivity index (χ1n) is 6.51. The summed E-state index contributed by atoms with van der Waals surface area (Å²) in [6.45, 7) is 5.84. The van der Waals surface area contributed by atoms with Crippen LogP contribution in [0, 0.1) is 11.8 Å². The Balaban J connectivity index is 1.82. The van der Waals surface area contributed by atoms with E-state index in [1.165, 1.54) is 30.2 Å². The molecule has 94 valence electrons. The van der Waals surface area contributed by atoms with Gasteiger partial charge in [0, 0.05) is 12.7 Å². The van der Waals surface area contributed by atoms with Gasteiger partial charge in [-0.3, -0.25) is 4.98 Å². The fourth-order valence-electron chi connectivity index (χ4n) is 2.96. The highest BCUT2D eigenvalue weighted by Gasteiger charge is 2.30. The third-order valence-corrected chi connectivity index (χ3v) is 3.88. The number of aromatic nitrogens is 1. The molecule has 0 bridgehead atoms. The van der Waals surface area contributed by atoms with E-state index in [1.54, 1.807) is 6.20 Å². The summed E-state index contributed by atoms with van der Waals surface area (Å²) in [4.78, 5) is 4.24. The largest absolute Gasteiger partial charge is 0.464 e. The van der Waals surface area contributed by atoms with E-state index in [-0.39, 0.29) is 0 Å². The first-order valence-corrected chi connectivity index (χ1v) is 6.51. The van der Waals surface area contributed by atoms with Gasteiger partial charge >= 0.3 is 0 Å². The maximum atomic E-state index is 5.29. The van der Waals surface area contributed by atoms with Crippen LogP contribution in [0.1, 0.15) is 18.4 Å². The third kappa shape index (κ3) is 2.18. The molecule has 0 spiro atoms. The SMILES string of the molecule is C=COc1cncc(C2=C[C@H]3CNCC[C@H]3C2)c1. The minimum Gasteiger partial charge on any atom is -0.464 e. The number of rotatable bonds is 3. The van der Waals surface area contributed by atoms with E-state index in [1.807, 2.05) is 12.3 Å². The molecule has 1 fully saturated rings. The molecular weight excluding hydrogens is 224 g/mol. The summed E-state index contributed by atoms with van der Waals surface area (Å²) in [5.41, 5.74) is 2.60. The molecule has 1 aliphatic carbocycles. The average molecular weight is 242 g/mol. The van der Waals surface area contributed by atoms with Crippen molar-refractivity contribution < 1.29 is 4.74 Å². The van der Waals surface area contributed by atoms with Crippen LogP contribution in [0.25, 0.3) is 5.57 Å². The van der Waals surface area contributed by atoms with E-state index in [0.717, 1.165) is 24.8 Å².